The van der Waals surface area contributed by atoms with E-state index in [1.54, 1.807) is 12.1 Å². The van der Waals surface area contributed by atoms with E-state index < -0.39 is 5.82 Å². The minimum absolute atomic E-state index is 0.315. The van der Waals surface area contributed by atoms with E-state index in [0.29, 0.717) is 17.7 Å². The third-order valence-corrected chi connectivity index (χ3v) is 1.98. The second-order valence-electron chi connectivity index (χ2n) is 3.01. The van der Waals surface area contributed by atoms with Crippen LogP contribution in [0.2, 0.25) is 0 Å². The lowest BCUT2D eigenvalue weighted by Gasteiger charge is -2.02. The molecule has 0 amide bonds. The van der Waals surface area contributed by atoms with Gasteiger partial charge in [-0.2, -0.15) is 10.4 Å². The number of benzene rings is 1. The van der Waals surface area contributed by atoms with Crippen molar-refractivity contribution in [2.45, 2.75) is 6.54 Å². The first-order chi connectivity index (χ1) is 7.29. The quantitative estimate of drug-likeness (QED) is 0.738. The lowest BCUT2D eigenvalue weighted by molar-refractivity contribution is 0.584. The molecule has 0 saturated carbocycles. The van der Waals surface area contributed by atoms with Gasteiger partial charge in [0.1, 0.15) is 18.5 Å². The highest BCUT2D eigenvalue weighted by Crippen LogP contribution is 2.10. The van der Waals surface area contributed by atoms with Crippen LogP contribution in [0.3, 0.4) is 0 Å². The molecule has 0 spiro atoms. The molecule has 0 bridgehead atoms. The number of nitriles is 1. The molecule has 1 aromatic heterocycles. The fourth-order valence-electron chi connectivity index (χ4n) is 1.23. The standard InChI is InChI=1S/C10H7FN4/c11-10-3-8(4-12)1-2-9(10)5-15-7-13-6-14-15/h1-3,6-7H,5H2. The van der Waals surface area contributed by atoms with Crippen molar-refractivity contribution in [2.24, 2.45) is 0 Å². The summed E-state index contributed by atoms with van der Waals surface area (Å²) in [7, 11) is 0. The normalized spacial score (nSPS) is 9.87. The first kappa shape index (κ1) is 9.34. The number of halogens is 1. The lowest BCUT2D eigenvalue weighted by Crippen LogP contribution is -2.02. The first-order valence-electron chi connectivity index (χ1n) is 4.30. The van der Waals surface area contributed by atoms with E-state index in [0.717, 1.165) is 0 Å². The molecule has 2 aromatic rings. The van der Waals surface area contributed by atoms with E-state index in [-0.39, 0.29) is 0 Å². The summed E-state index contributed by atoms with van der Waals surface area (Å²) < 4.78 is 14.9. The Morgan fingerprint density at radius 3 is 2.93 bits per heavy atom. The molecular weight excluding hydrogens is 195 g/mol. The molecule has 0 aliphatic carbocycles. The molecule has 0 radical (unpaired) electrons. The largest absolute Gasteiger partial charge is 0.248 e. The topological polar surface area (TPSA) is 54.5 Å². The highest BCUT2D eigenvalue weighted by molar-refractivity contribution is 5.32. The number of hydrogen-bond donors (Lipinski definition) is 0. The average molecular weight is 202 g/mol. The predicted octanol–water partition coefficient (Wildman–Crippen LogP) is 1.34. The molecule has 2 rings (SSSR count). The Bertz CT molecular complexity index is 499. The van der Waals surface area contributed by atoms with Crippen LogP contribution in [-0.2, 0) is 6.54 Å². The van der Waals surface area contributed by atoms with Gasteiger partial charge >= 0.3 is 0 Å². The third-order valence-electron chi connectivity index (χ3n) is 1.98. The van der Waals surface area contributed by atoms with Crippen LogP contribution in [0.1, 0.15) is 11.1 Å². The fourth-order valence-corrected chi connectivity index (χ4v) is 1.23. The van der Waals surface area contributed by atoms with Gasteiger partial charge in [-0.1, -0.05) is 6.07 Å². The van der Waals surface area contributed by atoms with Crippen molar-refractivity contribution >= 4 is 0 Å². The Labute approximate surface area is 85.6 Å². The van der Waals surface area contributed by atoms with E-state index in [4.69, 9.17) is 5.26 Å². The molecule has 15 heavy (non-hydrogen) atoms. The van der Waals surface area contributed by atoms with Crippen LogP contribution in [0.5, 0.6) is 0 Å². The van der Waals surface area contributed by atoms with Gasteiger partial charge < -0.3 is 0 Å². The summed E-state index contributed by atoms with van der Waals surface area (Å²) in [4.78, 5) is 3.76. The van der Waals surface area contributed by atoms with Crippen molar-refractivity contribution in [1.82, 2.24) is 14.8 Å². The summed E-state index contributed by atoms with van der Waals surface area (Å²) in [5, 5.41) is 12.4. The van der Waals surface area contributed by atoms with E-state index >= 15 is 0 Å². The molecule has 1 heterocycles. The Hall–Kier alpha value is -2.22. The van der Waals surface area contributed by atoms with E-state index in [1.165, 1.54) is 23.4 Å². The molecule has 5 heteroatoms. The van der Waals surface area contributed by atoms with Crippen LogP contribution in [0.15, 0.2) is 30.9 Å². The zero-order valence-electron chi connectivity index (χ0n) is 7.76. The summed E-state index contributed by atoms with van der Waals surface area (Å²) in [6.07, 6.45) is 2.90. The van der Waals surface area contributed by atoms with E-state index in [9.17, 15) is 4.39 Å². The van der Waals surface area contributed by atoms with Crippen LogP contribution in [0.4, 0.5) is 4.39 Å². The number of nitrogens with zero attached hydrogens (tertiary/aromatic N) is 4. The fraction of sp³-hybridized carbons (Fsp3) is 0.100. The van der Waals surface area contributed by atoms with Gasteiger partial charge in [0.25, 0.3) is 0 Å². The maximum absolute atomic E-state index is 13.4. The molecular formula is C10H7FN4. The van der Waals surface area contributed by atoms with Crippen molar-refractivity contribution in [3.63, 3.8) is 0 Å². The molecule has 0 aliphatic heterocycles. The van der Waals surface area contributed by atoms with Gasteiger partial charge in [-0.3, -0.25) is 0 Å². The van der Waals surface area contributed by atoms with Gasteiger partial charge in [-0.25, -0.2) is 14.1 Å². The summed E-state index contributed by atoms with van der Waals surface area (Å²) >= 11 is 0. The summed E-state index contributed by atoms with van der Waals surface area (Å²) in [5.74, 6) is -0.399. The van der Waals surface area contributed by atoms with Gasteiger partial charge in [0.2, 0.25) is 0 Å². The molecule has 1 aromatic carbocycles. The van der Waals surface area contributed by atoms with Crippen molar-refractivity contribution in [3.8, 4) is 6.07 Å². The van der Waals surface area contributed by atoms with Crippen molar-refractivity contribution in [2.75, 3.05) is 0 Å². The molecule has 0 N–H and O–H groups in total. The average Bonchev–Trinajstić information content (AvgIpc) is 2.74. The van der Waals surface area contributed by atoms with Gasteiger partial charge in [0.05, 0.1) is 18.2 Å². The van der Waals surface area contributed by atoms with Gasteiger partial charge in [-0.05, 0) is 12.1 Å². The molecule has 0 aliphatic rings. The van der Waals surface area contributed by atoms with Gasteiger partial charge in [-0.15, -0.1) is 0 Å². The minimum Gasteiger partial charge on any atom is -0.248 e. The van der Waals surface area contributed by atoms with Crippen LogP contribution in [0, 0.1) is 17.1 Å². The van der Waals surface area contributed by atoms with Crippen LogP contribution in [-0.4, -0.2) is 14.8 Å². The highest BCUT2D eigenvalue weighted by atomic mass is 19.1. The molecule has 74 valence electrons. The van der Waals surface area contributed by atoms with Crippen molar-refractivity contribution in [3.05, 3.63) is 47.8 Å². The summed E-state index contributed by atoms with van der Waals surface area (Å²) in [5.41, 5.74) is 0.800. The maximum Gasteiger partial charge on any atom is 0.137 e. The van der Waals surface area contributed by atoms with Crippen LogP contribution >= 0.6 is 0 Å². The second-order valence-corrected chi connectivity index (χ2v) is 3.01. The number of aromatic nitrogens is 3. The molecule has 4 nitrogen and oxygen atoms in total. The lowest BCUT2D eigenvalue weighted by atomic mass is 10.1. The second kappa shape index (κ2) is 3.88. The Balaban J connectivity index is 2.27. The molecule has 0 saturated heterocycles. The molecule has 0 atom stereocenters. The Kier molecular flexibility index (Phi) is 2.42. The molecule has 0 unspecified atom stereocenters. The SMILES string of the molecule is N#Cc1ccc(Cn2cncn2)c(F)c1. The summed E-state index contributed by atoms with van der Waals surface area (Å²) in [6, 6.07) is 6.25. The number of hydrogen-bond acceptors (Lipinski definition) is 3. The predicted molar refractivity (Wildman–Crippen MR) is 50.2 cm³/mol. The maximum atomic E-state index is 13.4. The first-order valence-corrected chi connectivity index (χ1v) is 4.30. The van der Waals surface area contributed by atoms with E-state index in [2.05, 4.69) is 10.1 Å². The summed E-state index contributed by atoms with van der Waals surface area (Å²) in [6.45, 7) is 0.317. The third kappa shape index (κ3) is 1.99. The van der Waals surface area contributed by atoms with E-state index in [1.807, 2.05) is 6.07 Å². The highest BCUT2D eigenvalue weighted by Gasteiger charge is 2.04. The Morgan fingerprint density at radius 1 is 1.47 bits per heavy atom. The van der Waals surface area contributed by atoms with Crippen molar-refractivity contribution in [1.29, 1.82) is 5.26 Å². The number of rotatable bonds is 2. The monoisotopic (exact) mass is 202 g/mol. The Morgan fingerprint density at radius 2 is 2.33 bits per heavy atom. The smallest absolute Gasteiger partial charge is 0.137 e. The van der Waals surface area contributed by atoms with Crippen LogP contribution < -0.4 is 0 Å². The molecule has 0 fully saturated rings. The van der Waals surface area contributed by atoms with Crippen LogP contribution in [0.25, 0.3) is 0 Å². The van der Waals surface area contributed by atoms with Gasteiger partial charge in [0, 0.05) is 5.56 Å². The van der Waals surface area contributed by atoms with Gasteiger partial charge in [0.15, 0.2) is 0 Å². The van der Waals surface area contributed by atoms with Crippen molar-refractivity contribution < 1.29 is 4.39 Å². The zero-order chi connectivity index (χ0) is 10.7. The zero-order valence-corrected chi connectivity index (χ0v) is 7.76. The minimum atomic E-state index is -0.399.